The molecule has 0 aromatic carbocycles. The summed E-state index contributed by atoms with van der Waals surface area (Å²) in [6.45, 7) is 11.8. The quantitative estimate of drug-likeness (QED) is 0.350. The highest BCUT2D eigenvalue weighted by Crippen LogP contribution is 2.63. The molecule has 4 fully saturated rings. The van der Waals surface area contributed by atoms with E-state index in [1.54, 1.807) is 6.92 Å². The standard InChI is InChI=1S/C26H40O8/c1-15(17-12-19-26(5,34-33-17)14-20(28)32-19)8-9-18-23(2)10-7-11-24(3,22(29)31-6)21(23)16(27)13-25(18,4)30/h16-19,21,27,30H,1,7-14H2,2-6H3/t16-,17+,18+,19-,21+,23+,24+,25+,26+/m0/s1. The number of methoxy groups -OCH3 is 1. The lowest BCUT2D eigenvalue weighted by Gasteiger charge is -2.62. The number of fused-ring (bicyclic) bond motifs is 2. The van der Waals surface area contributed by atoms with Gasteiger partial charge in [0, 0.05) is 18.8 Å². The molecule has 0 amide bonds. The minimum atomic E-state index is -1.09. The van der Waals surface area contributed by atoms with Gasteiger partial charge in [-0.2, -0.15) is 0 Å². The van der Waals surface area contributed by atoms with Crippen LogP contribution in [-0.2, 0) is 28.8 Å². The van der Waals surface area contributed by atoms with Gasteiger partial charge >= 0.3 is 11.9 Å². The van der Waals surface area contributed by atoms with E-state index < -0.39 is 34.2 Å². The largest absolute Gasteiger partial charge is 0.469 e. The van der Waals surface area contributed by atoms with Crippen molar-refractivity contribution in [2.75, 3.05) is 7.11 Å². The normalized spacial score (nSPS) is 48.4. The number of rotatable bonds is 5. The van der Waals surface area contributed by atoms with Crippen LogP contribution >= 0.6 is 0 Å². The SMILES string of the molecule is C=C(CC[C@@H]1[C@@]2(C)CCC[C@@](C)(C(=O)OC)[C@@H]2[C@@H](O)C[C@@]1(C)O)[C@H]1C[C@@H]2OC(=O)C[C@@]2(C)OO1. The highest BCUT2D eigenvalue weighted by atomic mass is 17.2. The second-order valence-corrected chi connectivity index (χ2v) is 12.0. The molecule has 0 radical (unpaired) electrons. The van der Waals surface area contributed by atoms with Crippen LogP contribution in [0.15, 0.2) is 12.2 Å². The molecule has 4 rings (SSSR count). The molecule has 192 valence electrons. The lowest BCUT2D eigenvalue weighted by atomic mass is 9.44. The Balaban J connectivity index is 1.51. The summed E-state index contributed by atoms with van der Waals surface area (Å²) in [5.41, 5.74) is -2.30. The molecule has 8 heteroatoms. The van der Waals surface area contributed by atoms with Crippen molar-refractivity contribution in [1.29, 1.82) is 0 Å². The van der Waals surface area contributed by atoms with Crippen LogP contribution in [0.1, 0.15) is 79.1 Å². The highest BCUT2D eigenvalue weighted by Gasteiger charge is 2.64. The minimum Gasteiger partial charge on any atom is -0.469 e. The fourth-order valence-corrected chi connectivity index (χ4v) is 7.86. The van der Waals surface area contributed by atoms with Crippen LogP contribution in [0.4, 0.5) is 0 Å². The molecule has 34 heavy (non-hydrogen) atoms. The maximum absolute atomic E-state index is 12.8. The topological polar surface area (TPSA) is 112 Å². The number of hydrogen-bond donors (Lipinski definition) is 2. The van der Waals surface area contributed by atoms with Crippen LogP contribution in [0.5, 0.6) is 0 Å². The summed E-state index contributed by atoms with van der Waals surface area (Å²) in [6.07, 6.45) is 2.80. The molecule has 0 spiro atoms. The maximum Gasteiger partial charge on any atom is 0.311 e. The second kappa shape index (κ2) is 8.57. The predicted octanol–water partition coefficient (Wildman–Crippen LogP) is 3.24. The van der Waals surface area contributed by atoms with Crippen molar-refractivity contribution in [3.63, 3.8) is 0 Å². The van der Waals surface area contributed by atoms with Crippen LogP contribution in [-0.4, -0.2) is 58.8 Å². The van der Waals surface area contributed by atoms with Crippen LogP contribution < -0.4 is 0 Å². The van der Waals surface area contributed by atoms with Gasteiger partial charge in [-0.05, 0) is 63.4 Å². The van der Waals surface area contributed by atoms with Gasteiger partial charge in [0.25, 0.3) is 0 Å². The molecule has 4 aliphatic rings. The van der Waals surface area contributed by atoms with Gasteiger partial charge in [0.2, 0.25) is 0 Å². The molecule has 2 saturated heterocycles. The number of ether oxygens (including phenoxy) is 2. The molecule has 0 aromatic heterocycles. The number of aliphatic hydroxyl groups is 2. The summed E-state index contributed by atoms with van der Waals surface area (Å²) in [4.78, 5) is 35.8. The van der Waals surface area contributed by atoms with Crippen LogP contribution in [0.25, 0.3) is 0 Å². The van der Waals surface area contributed by atoms with E-state index in [2.05, 4.69) is 13.5 Å². The first kappa shape index (κ1) is 25.6. The summed E-state index contributed by atoms with van der Waals surface area (Å²) in [5.74, 6) is -1.06. The molecule has 0 aromatic rings. The van der Waals surface area contributed by atoms with Gasteiger partial charge in [0.15, 0.2) is 0 Å². The summed E-state index contributed by atoms with van der Waals surface area (Å²) in [5, 5.41) is 22.6. The highest BCUT2D eigenvalue weighted by molar-refractivity contribution is 5.77. The number of hydrogen-bond acceptors (Lipinski definition) is 8. The van der Waals surface area contributed by atoms with Gasteiger partial charge in [0.1, 0.15) is 17.8 Å². The molecule has 2 heterocycles. The van der Waals surface area contributed by atoms with Gasteiger partial charge in [-0.3, -0.25) is 9.59 Å². The Labute approximate surface area is 201 Å². The molecular formula is C26H40O8. The fourth-order valence-electron chi connectivity index (χ4n) is 7.86. The number of aliphatic hydroxyl groups excluding tert-OH is 1. The average Bonchev–Trinajstić information content (AvgIpc) is 3.04. The Morgan fingerprint density at radius 2 is 1.94 bits per heavy atom. The van der Waals surface area contributed by atoms with Crippen LogP contribution in [0.2, 0.25) is 0 Å². The fraction of sp³-hybridized carbons (Fsp3) is 0.846. The van der Waals surface area contributed by atoms with E-state index in [0.29, 0.717) is 25.7 Å². The van der Waals surface area contributed by atoms with Crippen molar-refractivity contribution >= 4 is 11.9 Å². The zero-order valence-electron chi connectivity index (χ0n) is 21.1. The smallest absolute Gasteiger partial charge is 0.311 e. The summed E-state index contributed by atoms with van der Waals surface area (Å²) < 4.78 is 10.6. The number of esters is 2. The van der Waals surface area contributed by atoms with E-state index in [-0.39, 0.29) is 42.7 Å². The Kier molecular flexibility index (Phi) is 6.46. The summed E-state index contributed by atoms with van der Waals surface area (Å²) in [7, 11) is 1.39. The zero-order chi connectivity index (χ0) is 25.1. The molecule has 9 atom stereocenters. The maximum atomic E-state index is 12.8. The van der Waals surface area contributed by atoms with Gasteiger partial charge in [-0.15, -0.1) is 0 Å². The first-order valence-corrected chi connectivity index (χ1v) is 12.5. The van der Waals surface area contributed by atoms with E-state index in [4.69, 9.17) is 19.2 Å². The Morgan fingerprint density at radius 3 is 2.62 bits per heavy atom. The van der Waals surface area contributed by atoms with E-state index >= 15 is 0 Å². The first-order valence-electron chi connectivity index (χ1n) is 12.5. The van der Waals surface area contributed by atoms with Gasteiger partial charge < -0.3 is 19.7 Å². The molecule has 2 saturated carbocycles. The van der Waals surface area contributed by atoms with Gasteiger partial charge in [-0.25, -0.2) is 9.78 Å². The van der Waals surface area contributed by atoms with Crippen molar-refractivity contribution in [3.8, 4) is 0 Å². The Morgan fingerprint density at radius 1 is 1.24 bits per heavy atom. The van der Waals surface area contributed by atoms with E-state index in [9.17, 15) is 19.8 Å². The lowest BCUT2D eigenvalue weighted by Crippen LogP contribution is -2.64. The van der Waals surface area contributed by atoms with E-state index in [1.807, 2.05) is 13.8 Å². The molecule has 0 unspecified atom stereocenters. The number of carbonyl (C=O) groups is 2. The Hall–Kier alpha value is -1.48. The van der Waals surface area contributed by atoms with Crippen LogP contribution in [0.3, 0.4) is 0 Å². The first-order chi connectivity index (χ1) is 15.8. The summed E-state index contributed by atoms with van der Waals surface area (Å²) in [6, 6.07) is 0. The average molecular weight is 481 g/mol. The monoisotopic (exact) mass is 480 g/mol. The number of carbonyl (C=O) groups excluding carboxylic acids is 2. The third kappa shape index (κ3) is 4.00. The van der Waals surface area contributed by atoms with Gasteiger partial charge in [-0.1, -0.05) is 19.9 Å². The second-order valence-electron chi connectivity index (χ2n) is 12.0. The van der Waals surface area contributed by atoms with Crippen molar-refractivity contribution in [2.24, 2.45) is 22.7 Å². The van der Waals surface area contributed by atoms with Crippen molar-refractivity contribution in [3.05, 3.63) is 12.2 Å². The third-order valence-corrected chi connectivity index (χ3v) is 9.46. The molecule has 2 N–H and O–H groups in total. The van der Waals surface area contributed by atoms with Crippen LogP contribution in [0, 0.1) is 22.7 Å². The van der Waals surface area contributed by atoms with Crippen molar-refractivity contribution < 1.29 is 39.1 Å². The Bertz CT molecular complexity index is 854. The molecule has 2 aliphatic heterocycles. The summed E-state index contributed by atoms with van der Waals surface area (Å²) >= 11 is 0. The minimum absolute atomic E-state index is 0.159. The molecule has 8 nitrogen and oxygen atoms in total. The predicted molar refractivity (Wildman–Crippen MR) is 122 cm³/mol. The van der Waals surface area contributed by atoms with Crippen molar-refractivity contribution in [2.45, 2.75) is 109 Å². The molecule has 2 aliphatic carbocycles. The van der Waals surface area contributed by atoms with E-state index in [1.165, 1.54) is 7.11 Å². The van der Waals surface area contributed by atoms with E-state index in [0.717, 1.165) is 18.4 Å². The lowest BCUT2D eigenvalue weighted by molar-refractivity contribution is -0.408. The molecule has 0 bridgehead atoms. The third-order valence-electron chi connectivity index (χ3n) is 9.46. The van der Waals surface area contributed by atoms with Gasteiger partial charge in [0.05, 0.1) is 30.7 Å². The molecular weight excluding hydrogens is 440 g/mol. The zero-order valence-corrected chi connectivity index (χ0v) is 21.1. The van der Waals surface area contributed by atoms with Crippen molar-refractivity contribution in [1.82, 2.24) is 0 Å².